The Kier molecular flexibility index (Phi) is 14.1. The van der Waals surface area contributed by atoms with Crippen LogP contribution in [0.2, 0.25) is 0 Å². The number of alkyl halides is 6. The van der Waals surface area contributed by atoms with Crippen LogP contribution in [0.5, 0.6) is 5.75 Å². The van der Waals surface area contributed by atoms with E-state index >= 15 is 0 Å². The predicted molar refractivity (Wildman–Crippen MR) is 142 cm³/mol. The monoisotopic (exact) mass is 639 g/mol. The Hall–Kier alpha value is -4.87. The lowest BCUT2D eigenvalue weighted by Gasteiger charge is -2.25. The zero-order chi connectivity index (χ0) is 33.7. The van der Waals surface area contributed by atoms with Gasteiger partial charge in [0.15, 0.2) is 0 Å². The minimum absolute atomic E-state index is 0.282. The molecule has 0 bridgehead atoms. The summed E-state index contributed by atoms with van der Waals surface area (Å²) in [5.74, 6) is -5.29. The van der Waals surface area contributed by atoms with E-state index in [0.29, 0.717) is 31.1 Å². The van der Waals surface area contributed by atoms with Crippen LogP contribution in [0.1, 0.15) is 5.56 Å². The van der Waals surface area contributed by atoms with Crippen LogP contribution in [0.3, 0.4) is 0 Å². The molecular weight excluding hydrogens is 611 g/mol. The van der Waals surface area contributed by atoms with Gasteiger partial charge in [-0.2, -0.15) is 31.4 Å². The summed E-state index contributed by atoms with van der Waals surface area (Å²) in [4.78, 5) is 34.5. The Labute approximate surface area is 245 Å². The van der Waals surface area contributed by atoms with Crippen LogP contribution in [0.4, 0.5) is 41.2 Å². The minimum atomic E-state index is -5.08. The van der Waals surface area contributed by atoms with Crippen molar-refractivity contribution in [3.8, 4) is 16.9 Å². The number of aromatic amines is 1. The van der Waals surface area contributed by atoms with E-state index in [1.807, 2.05) is 31.1 Å². The average Bonchev–Trinajstić information content (AvgIpc) is 3.46. The Morgan fingerprint density at radius 2 is 1.52 bits per heavy atom. The SMILES string of the molecule is COc1cc(-c2cn[nH]c2)ccc1NC(=O)N(CCN(C)C)Cc1cccc(F)c1.O=C(O)C(F)(F)F.O=C(O)C(F)(F)F. The highest BCUT2D eigenvalue weighted by Crippen LogP contribution is 2.30. The van der Waals surface area contributed by atoms with Gasteiger partial charge in [0.05, 0.1) is 19.0 Å². The first-order valence-corrected chi connectivity index (χ1v) is 12.1. The number of carboxylic acids is 2. The molecule has 2 aromatic carbocycles. The summed E-state index contributed by atoms with van der Waals surface area (Å²) in [6, 6.07) is 11.5. The Bertz CT molecular complexity index is 1340. The van der Waals surface area contributed by atoms with Crippen molar-refractivity contribution in [2.45, 2.75) is 18.9 Å². The Morgan fingerprint density at radius 1 is 0.932 bits per heavy atom. The molecule has 3 rings (SSSR count). The molecule has 1 aromatic heterocycles. The van der Waals surface area contributed by atoms with Crippen molar-refractivity contribution in [2.24, 2.45) is 0 Å². The molecule has 4 N–H and O–H groups in total. The number of methoxy groups -OCH3 is 1. The van der Waals surface area contributed by atoms with Gasteiger partial charge >= 0.3 is 30.3 Å². The summed E-state index contributed by atoms with van der Waals surface area (Å²) < 4.78 is 82.5. The number of benzene rings is 2. The fraction of sp³-hybridized carbons (Fsp3) is 0.308. The third-order valence-corrected chi connectivity index (χ3v) is 5.13. The minimum Gasteiger partial charge on any atom is -0.495 e. The van der Waals surface area contributed by atoms with Crippen molar-refractivity contribution < 1.29 is 60.1 Å². The standard InChI is InChI=1S/C22H26FN5O2.2C2HF3O2/c1-27(2)9-10-28(15-16-5-4-6-19(23)11-16)22(29)26-20-8-7-17(12-21(20)30-3)18-13-24-25-14-18;2*3-2(4,5)1(6)7/h4-8,11-14H,9-10,15H2,1-3H3,(H,24,25)(H,26,29);2*(H,6,7). The number of likely N-dealkylation sites (N-methyl/N-ethyl adjacent to an activating group) is 1. The molecule has 0 spiro atoms. The topological polar surface area (TPSA) is 148 Å². The first kappa shape index (κ1) is 37.2. The number of aromatic nitrogens is 2. The molecule has 0 fully saturated rings. The second-order valence-electron chi connectivity index (χ2n) is 8.79. The maximum atomic E-state index is 13.6. The number of anilines is 1. The van der Waals surface area contributed by atoms with Gasteiger partial charge in [0.2, 0.25) is 0 Å². The zero-order valence-electron chi connectivity index (χ0n) is 23.3. The average molecular weight is 640 g/mol. The predicted octanol–water partition coefficient (Wildman–Crippen LogP) is 5.09. The van der Waals surface area contributed by atoms with Gasteiger partial charge in [-0.05, 0) is 49.5 Å². The fourth-order valence-corrected chi connectivity index (χ4v) is 3.01. The molecule has 18 heteroatoms. The second-order valence-corrected chi connectivity index (χ2v) is 8.79. The molecule has 0 atom stereocenters. The Balaban J connectivity index is 0.000000574. The molecule has 0 aliphatic rings. The van der Waals surface area contributed by atoms with Gasteiger partial charge in [-0.3, -0.25) is 5.10 Å². The lowest BCUT2D eigenvalue weighted by molar-refractivity contribution is -0.193. The largest absolute Gasteiger partial charge is 0.495 e. The van der Waals surface area contributed by atoms with Crippen molar-refractivity contribution in [1.29, 1.82) is 0 Å². The number of nitrogens with zero attached hydrogens (tertiary/aromatic N) is 3. The van der Waals surface area contributed by atoms with E-state index in [9.17, 15) is 35.5 Å². The van der Waals surface area contributed by atoms with Crippen molar-refractivity contribution in [3.63, 3.8) is 0 Å². The van der Waals surface area contributed by atoms with E-state index in [1.54, 1.807) is 42.6 Å². The van der Waals surface area contributed by atoms with Crippen LogP contribution in [-0.4, -0.2) is 94.8 Å². The summed E-state index contributed by atoms with van der Waals surface area (Å²) >= 11 is 0. The molecule has 2 amide bonds. The van der Waals surface area contributed by atoms with E-state index in [0.717, 1.165) is 16.7 Å². The number of carbonyl (C=O) groups excluding carboxylic acids is 1. The van der Waals surface area contributed by atoms with E-state index in [1.165, 1.54) is 12.1 Å². The van der Waals surface area contributed by atoms with Crippen LogP contribution in [-0.2, 0) is 16.1 Å². The molecule has 0 radical (unpaired) electrons. The Morgan fingerprint density at radius 3 is 1.98 bits per heavy atom. The molecule has 0 aliphatic heterocycles. The molecular formula is C26H28F7N5O6. The molecule has 0 saturated heterocycles. The number of H-pyrrole nitrogens is 1. The number of ether oxygens (including phenoxy) is 1. The number of aliphatic carboxylic acids is 2. The number of hydrogen-bond donors (Lipinski definition) is 4. The number of hydrogen-bond acceptors (Lipinski definition) is 6. The lowest BCUT2D eigenvalue weighted by Crippen LogP contribution is -2.39. The summed E-state index contributed by atoms with van der Waals surface area (Å²) in [5, 5.41) is 23.9. The molecule has 0 unspecified atom stereocenters. The van der Waals surface area contributed by atoms with Crippen LogP contribution in [0.15, 0.2) is 54.9 Å². The van der Waals surface area contributed by atoms with Crippen molar-refractivity contribution in [3.05, 3.63) is 66.2 Å². The number of urea groups is 1. The highest BCUT2D eigenvalue weighted by molar-refractivity contribution is 5.91. The fourth-order valence-electron chi connectivity index (χ4n) is 3.01. The van der Waals surface area contributed by atoms with E-state index < -0.39 is 24.3 Å². The number of halogens is 7. The van der Waals surface area contributed by atoms with E-state index in [-0.39, 0.29) is 11.8 Å². The molecule has 3 aromatic rings. The van der Waals surface area contributed by atoms with Gasteiger partial charge < -0.3 is 30.1 Å². The van der Waals surface area contributed by atoms with Crippen LogP contribution >= 0.6 is 0 Å². The van der Waals surface area contributed by atoms with Crippen molar-refractivity contribution in [2.75, 3.05) is 39.6 Å². The highest BCUT2D eigenvalue weighted by atomic mass is 19.4. The molecule has 44 heavy (non-hydrogen) atoms. The highest BCUT2D eigenvalue weighted by Gasteiger charge is 2.38. The molecule has 11 nitrogen and oxygen atoms in total. The lowest BCUT2D eigenvalue weighted by atomic mass is 10.1. The number of nitrogens with one attached hydrogen (secondary N) is 2. The van der Waals surface area contributed by atoms with Crippen LogP contribution in [0, 0.1) is 5.82 Å². The summed E-state index contributed by atoms with van der Waals surface area (Å²) in [5.41, 5.74) is 3.13. The summed E-state index contributed by atoms with van der Waals surface area (Å²) in [6.45, 7) is 1.47. The van der Waals surface area contributed by atoms with Gasteiger partial charge in [0.25, 0.3) is 0 Å². The van der Waals surface area contributed by atoms with Gasteiger partial charge in [-0.1, -0.05) is 18.2 Å². The van der Waals surface area contributed by atoms with Crippen LogP contribution in [0.25, 0.3) is 11.1 Å². The molecule has 1 heterocycles. The first-order chi connectivity index (χ1) is 20.3. The normalized spacial score (nSPS) is 11.0. The van der Waals surface area contributed by atoms with Gasteiger partial charge in [-0.25, -0.2) is 18.8 Å². The van der Waals surface area contributed by atoms with Gasteiger partial charge in [0.1, 0.15) is 11.6 Å². The third-order valence-electron chi connectivity index (χ3n) is 5.13. The van der Waals surface area contributed by atoms with E-state index in [4.69, 9.17) is 24.5 Å². The maximum Gasteiger partial charge on any atom is 0.490 e. The number of carboxylic acid groups (broad SMARTS) is 2. The quantitative estimate of drug-likeness (QED) is 0.249. The van der Waals surface area contributed by atoms with Crippen molar-refractivity contribution in [1.82, 2.24) is 20.0 Å². The van der Waals surface area contributed by atoms with Crippen molar-refractivity contribution >= 4 is 23.7 Å². The first-order valence-electron chi connectivity index (χ1n) is 12.1. The number of rotatable bonds is 8. The third kappa shape index (κ3) is 13.4. The zero-order valence-corrected chi connectivity index (χ0v) is 23.3. The van der Waals surface area contributed by atoms with E-state index in [2.05, 4.69) is 15.5 Å². The van der Waals surface area contributed by atoms with Crippen LogP contribution < -0.4 is 10.1 Å². The maximum absolute atomic E-state index is 13.6. The molecule has 0 aliphatic carbocycles. The van der Waals surface area contributed by atoms with Gasteiger partial charge in [-0.15, -0.1) is 0 Å². The van der Waals surface area contributed by atoms with Gasteiger partial charge in [0, 0.05) is 31.4 Å². The number of carbonyl (C=O) groups is 3. The summed E-state index contributed by atoms with van der Waals surface area (Å²) in [7, 11) is 5.44. The smallest absolute Gasteiger partial charge is 0.490 e. The number of amides is 2. The second kappa shape index (κ2) is 16.7. The molecule has 242 valence electrons. The summed E-state index contributed by atoms with van der Waals surface area (Å²) in [6.07, 6.45) is -6.66. The molecule has 0 saturated carbocycles.